The highest BCUT2D eigenvalue weighted by atomic mass is 79.9. The Kier molecular flexibility index (Phi) is 4.07. The van der Waals surface area contributed by atoms with Gasteiger partial charge in [0.25, 0.3) is 5.91 Å². The minimum Gasteiger partial charge on any atom is -0.397 e. The largest absolute Gasteiger partial charge is 0.397 e. The lowest BCUT2D eigenvalue weighted by Crippen LogP contribution is -2.14. The zero-order chi connectivity index (χ0) is 14.0. The first-order valence-electron chi connectivity index (χ1n) is 5.46. The summed E-state index contributed by atoms with van der Waals surface area (Å²) in [5, 5.41) is 3.08. The molecule has 1 amide bonds. The molecule has 3 N–H and O–H groups in total. The number of halogens is 2. The van der Waals surface area contributed by atoms with Crippen LogP contribution in [-0.4, -0.2) is 10.9 Å². The van der Waals surface area contributed by atoms with E-state index in [-0.39, 0.29) is 5.91 Å². The standard InChI is InChI=1S/C13H11BrClN3O/c1-7-4-9(16)6-17-12(7)18-13(19)10-3-2-8(14)5-11(10)15/h2-6H,16H2,1H3,(H,17,18,19). The molecule has 2 aromatic rings. The predicted molar refractivity (Wildman–Crippen MR) is 80.5 cm³/mol. The summed E-state index contributed by atoms with van der Waals surface area (Å²) in [5.41, 5.74) is 7.35. The molecule has 2 rings (SSSR count). The number of nitrogens with one attached hydrogen (secondary N) is 1. The molecule has 0 saturated heterocycles. The molecular formula is C13H11BrClN3O. The lowest BCUT2D eigenvalue weighted by Gasteiger charge is -2.09. The highest BCUT2D eigenvalue weighted by molar-refractivity contribution is 9.10. The lowest BCUT2D eigenvalue weighted by molar-refractivity contribution is 0.102. The van der Waals surface area contributed by atoms with Crippen LogP contribution in [-0.2, 0) is 0 Å². The summed E-state index contributed by atoms with van der Waals surface area (Å²) in [7, 11) is 0. The van der Waals surface area contributed by atoms with Crippen molar-refractivity contribution in [3.05, 3.63) is 51.1 Å². The van der Waals surface area contributed by atoms with E-state index in [1.807, 2.05) is 6.92 Å². The van der Waals surface area contributed by atoms with Gasteiger partial charge in [-0.3, -0.25) is 4.79 Å². The van der Waals surface area contributed by atoms with E-state index in [4.69, 9.17) is 17.3 Å². The molecule has 4 nitrogen and oxygen atoms in total. The Morgan fingerprint density at radius 1 is 1.42 bits per heavy atom. The molecule has 6 heteroatoms. The average molecular weight is 341 g/mol. The van der Waals surface area contributed by atoms with E-state index in [0.717, 1.165) is 10.0 Å². The molecule has 0 radical (unpaired) electrons. The summed E-state index contributed by atoms with van der Waals surface area (Å²) in [6.07, 6.45) is 1.49. The third-order valence-electron chi connectivity index (χ3n) is 2.51. The van der Waals surface area contributed by atoms with E-state index in [2.05, 4.69) is 26.2 Å². The SMILES string of the molecule is Cc1cc(N)cnc1NC(=O)c1ccc(Br)cc1Cl. The quantitative estimate of drug-likeness (QED) is 0.877. The van der Waals surface area contributed by atoms with Gasteiger partial charge in [0, 0.05) is 4.47 Å². The molecule has 1 aromatic heterocycles. The van der Waals surface area contributed by atoms with Crippen LogP contribution in [0.4, 0.5) is 11.5 Å². The maximum Gasteiger partial charge on any atom is 0.258 e. The topological polar surface area (TPSA) is 68.0 Å². The van der Waals surface area contributed by atoms with Crippen molar-refractivity contribution in [1.82, 2.24) is 4.98 Å². The molecule has 0 fully saturated rings. The molecular weight excluding hydrogens is 330 g/mol. The van der Waals surface area contributed by atoms with Gasteiger partial charge in [-0.15, -0.1) is 0 Å². The molecule has 0 unspecified atom stereocenters. The Morgan fingerprint density at radius 2 is 2.16 bits per heavy atom. The molecule has 0 aliphatic rings. The number of anilines is 2. The molecule has 1 aromatic carbocycles. The second-order valence-corrected chi connectivity index (χ2v) is 5.34. The molecule has 19 heavy (non-hydrogen) atoms. The van der Waals surface area contributed by atoms with Crippen LogP contribution in [0.25, 0.3) is 0 Å². The van der Waals surface area contributed by atoms with E-state index in [0.29, 0.717) is 22.1 Å². The van der Waals surface area contributed by atoms with Crippen LogP contribution < -0.4 is 11.1 Å². The van der Waals surface area contributed by atoms with E-state index >= 15 is 0 Å². The van der Waals surface area contributed by atoms with E-state index in [9.17, 15) is 4.79 Å². The second-order valence-electron chi connectivity index (χ2n) is 4.01. The number of nitrogen functional groups attached to an aromatic ring is 1. The van der Waals surface area contributed by atoms with Gasteiger partial charge in [-0.2, -0.15) is 0 Å². The number of carbonyl (C=O) groups excluding carboxylic acids is 1. The summed E-state index contributed by atoms with van der Waals surface area (Å²) in [4.78, 5) is 16.2. The third-order valence-corrected chi connectivity index (χ3v) is 3.31. The van der Waals surface area contributed by atoms with Crippen molar-refractivity contribution in [1.29, 1.82) is 0 Å². The molecule has 1 heterocycles. The summed E-state index contributed by atoms with van der Waals surface area (Å²) >= 11 is 9.31. The van der Waals surface area contributed by atoms with Gasteiger partial charge in [0.2, 0.25) is 0 Å². The number of rotatable bonds is 2. The normalized spacial score (nSPS) is 10.3. The van der Waals surface area contributed by atoms with Gasteiger partial charge in [0.15, 0.2) is 0 Å². The van der Waals surface area contributed by atoms with Crippen molar-refractivity contribution in [2.45, 2.75) is 6.92 Å². The van der Waals surface area contributed by atoms with Gasteiger partial charge < -0.3 is 11.1 Å². The lowest BCUT2D eigenvalue weighted by atomic mass is 10.2. The minimum absolute atomic E-state index is 0.308. The number of pyridine rings is 1. The molecule has 0 bridgehead atoms. The van der Waals surface area contributed by atoms with Crippen LogP contribution in [0.2, 0.25) is 5.02 Å². The average Bonchev–Trinajstić information content (AvgIpc) is 2.32. The number of aromatic nitrogens is 1. The van der Waals surface area contributed by atoms with E-state index in [1.165, 1.54) is 6.20 Å². The van der Waals surface area contributed by atoms with Crippen LogP contribution in [0.1, 0.15) is 15.9 Å². The van der Waals surface area contributed by atoms with Gasteiger partial charge >= 0.3 is 0 Å². The summed E-state index contributed by atoms with van der Waals surface area (Å²) in [6.45, 7) is 1.82. The highest BCUT2D eigenvalue weighted by Crippen LogP contribution is 2.23. The van der Waals surface area contributed by atoms with Crippen LogP contribution in [0, 0.1) is 6.92 Å². The first kappa shape index (κ1) is 13.8. The van der Waals surface area contributed by atoms with Gasteiger partial charge in [-0.1, -0.05) is 27.5 Å². The Morgan fingerprint density at radius 3 is 2.79 bits per heavy atom. The molecule has 0 aliphatic heterocycles. The minimum atomic E-state index is -0.308. The Bertz CT molecular complexity index is 646. The van der Waals surface area contributed by atoms with Crippen molar-refractivity contribution in [3.63, 3.8) is 0 Å². The number of aryl methyl sites for hydroxylation is 1. The van der Waals surface area contributed by atoms with Gasteiger partial charge in [0.1, 0.15) is 5.82 Å². The number of nitrogens with zero attached hydrogens (tertiary/aromatic N) is 1. The monoisotopic (exact) mass is 339 g/mol. The zero-order valence-corrected chi connectivity index (χ0v) is 12.4. The van der Waals surface area contributed by atoms with Crippen molar-refractivity contribution in [2.75, 3.05) is 11.1 Å². The Labute approximate surface area is 124 Å². The van der Waals surface area contributed by atoms with Crippen LogP contribution in [0.15, 0.2) is 34.9 Å². The van der Waals surface area contributed by atoms with Crippen molar-refractivity contribution in [3.8, 4) is 0 Å². The first-order valence-corrected chi connectivity index (χ1v) is 6.63. The molecule has 0 spiro atoms. The van der Waals surface area contributed by atoms with Gasteiger partial charge in [-0.25, -0.2) is 4.98 Å². The Hall–Kier alpha value is -1.59. The number of amides is 1. The number of carbonyl (C=O) groups is 1. The summed E-state index contributed by atoms with van der Waals surface area (Å²) in [6, 6.07) is 6.81. The number of hydrogen-bond donors (Lipinski definition) is 2. The second kappa shape index (κ2) is 5.59. The Balaban J connectivity index is 2.25. The fourth-order valence-electron chi connectivity index (χ4n) is 1.58. The number of hydrogen-bond acceptors (Lipinski definition) is 3. The molecule has 0 aliphatic carbocycles. The third kappa shape index (κ3) is 3.24. The smallest absolute Gasteiger partial charge is 0.258 e. The van der Waals surface area contributed by atoms with Crippen LogP contribution >= 0.6 is 27.5 Å². The fourth-order valence-corrected chi connectivity index (χ4v) is 2.34. The predicted octanol–water partition coefficient (Wildman–Crippen LogP) is 3.64. The maximum atomic E-state index is 12.1. The fraction of sp³-hybridized carbons (Fsp3) is 0.0769. The zero-order valence-electron chi connectivity index (χ0n) is 10.1. The van der Waals surface area contributed by atoms with Crippen molar-refractivity contribution >= 4 is 44.9 Å². The van der Waals surface area contributed by atoms with Crippen LogP contribution in [0.3, 0.4) is 0 Å². The van der Waals surface area contributed by atoms with Crippen molar-refractivity contribution < 1.29 is 4.79 Å². The molecule has 98 valence electrons. The maximum absolute atomic E-state index is 12.1. The van der Waals surface area contributed by atoms with E-state index < -0.39 is 0 Å². The summed E-state index contributed by atoms with van der Waals surface area (Å²) < 4.78 is 0.816. The van der Waals surface area contributed by atoms with Gasteiger partial charge in [0.05, 0.1) is 22.5 Å². The summed E-state index contributed by atoms with van der Waals surface area (Å²) in [5.74, 6) is 0.163. The highest BCUT2D eigenvalue weighted by Gasteiger charge is 2.12. The van der Waals surface area contributed by atoms with Gasteiger partial charge in [-0.05, 0) is 36.8 Å². The number of benzene rings is 1. The first-order chi connectivity index (χ1) is 8.97. The molecule has 0 atom stereocenters. The number of nitrogens with two attached hydrogens (primary N) is 1. The van der Waals surface area contributed by atoms with E-state index in [1.54, 1.807) is 24.3 Å². The van der Waals surface area contributed by atoms with Crippen LogP contribution in [0.5, 0.6) is 0 Å². The van der Waals surface area contributed by atoms with Crippen molar-refractivity contribution in [2.24, 2.45) is 0 Å². The molecule has 0 saturated carbocycles.